The molecule has 2 heterocycles. The zero-order chi connectivity index (χ0) is 12.4. The van der Waals surface area contributed by atoms with Crippen LogP contribution in [0.3, 0.4) is 0 Å². The van der Waals surface area contributed by atoms with Crippen LogP contribution >= 0.6 is 0 Å². The Morgan fingerprint density at radius 1 is 0.778 bits per heavy atom. The number of rotatable bonds is 1. The van der Waals surface area contributed by atoms with E-state index in [4.69, 9.17) is 5.21 Å². The minimum Gasteiger partial charge on any atom is -0.411 e. The summed E-state index contributed by atoms with van der Waals surface area (Å²) in [5, 5.41) is 12.6. The third-order valence-corrected chi connectivity index (χ3v) is 5.25. The summed E-state index contributed by atoms with van der Waals surface area (Å²) in [6.07, 6.45) is 14.5. The van der Waals surface area contributed by atoms with E-state index in [1.807, 2.05) is 0 Å². The molecule has 1 aliphatic carbocycles. The maximum Gasteiger partial charge on any atom is 0.0601 e. The Balaban J connectivity index is 1.74. The molecule has 3 fully saturated rings. The van der Waals surface area contributed by atoms with Gasteiger partial charge >= 0.3 is 0 Å². The molecule has 3 nitrogen and oxygen atoms in total. The van der Waals surface area contributed by atoms with Gasteiger partial charge in [0.25, 0.3) is 0 Å². The molecule has 1 N–H and O–H groups in total. The lowest BCUT2D eigenvalue weighted by molar-refractivity contribution is 0.0245. The summed E-state index contributed by atoms with van der Waals surface area (Å²) in [5.74, 6) is 0. The lowest BCUT2D eigenvalue weighted by Gasteiger charge is -2.50. The molecule has 0 aromatic heterocycles. The first-order chi connectivity index (χ1) is 8.88. The van der Waals surface area contributed by atoms with Crippen molar-refractivity contribution < 1.29 is 5.21 Å². The number of hydrogen-bond acceptors (Lipinski definition) is 3. The first kappa shape index (κ1) is 12.5. The van der Waals surface area contributed by atoms with Crippen molar-refractivity contribution in [3.05, 3.63) is 0 Å². The number of nitrogens with zero attached hydrogens (tertiary/aromatic N) is 2. The van der Waals surface area contributed by atoms with Crippen molar-refractivity contribution in [2.75, 3.05) is 0 Å². The average molecular weight is 250 g/mol. The minimum absolute atomic E-state index is 0.673. The minimum atomic E-state index is 0.673. The average Bonchev–Trinajstić information content (AvgIpc) is 2.65. The monoisotopic (exact) mass is 250 g/mol. The van der Waals surface area contributed by atoms with Gasteiger partial charge in [-0.3, -0.25) is 4.90 Å². The molecule has 0 aromatic carbocycles. The molecule has 0 unspecified atom stereocenters. The molecule has 0 radical (unpaired) electrons. The van der Waals surface area contributed by atoms with E-state index in [1.54, 1.807) is 0 Å². The molecular weight excluding hydrogens is 224 g/mol. The highest BCUT2D eigenvalue weighted by Gasteiger charge is 2.40. The zero-order valence-corrected chi connectivity index (χ0v) is 11.4. The number of hydrogen-bond donors (Lipinski definition) is 1. The van der Waals surface area contributed by atoms with Crippen LogP contribution in [0.15, 0.2) is 5.16 Å². The molecule has 0 aromatic rings. The van der Waals surface area contributed by atoms with Crippen LogP contribution < -0.4 is 0 Å². The number of oxime groups is 1. The van der Waals surface area contributed by atoms with Crippen molar-refractivity contribution in [1.82, 2.24) is 4.90 Å². The van der Waals surface area contributed by atoms with Crippen LogP contribution in [0.5, 0.6) is 0 Å². The lowest BCUT2D eigenvalue weighted by atomic mass is 9.81. The molecule has 2 bridgehead atoms. The highest BCUT2D eigenvalue weighted by atomic mass is 16.4. The van der Waals surface area contributed by atoms with Gasteiger partial charge in [0.1, 0.15) is 0 Å². The Morgan fingerprint density at radius 3 is 1.89 bits per heavy atom. The van der Waals surface area contributed by atoms with Gasteiger partial charge in [-0.05, 0) is 25.7 Å². The van der Waals surface area contributed by atoms with E-state index in [9.17, 15) is 0 Å². The Kier molecular flexibility index (Phi) is 3.88. The summed E-state index contributed by atoms with van der Waals surface area (Å²) in [7, 11) is 0. The van der Waals surface area contributed by atoms with Crippen LogP contribution in [0.25, 0.3) is 0 Å². The Labute approximate surface area is 110 Å². The molecule has 2 atom stereocenters. The van der Waals surface area contributed by atoms with Gasteiger partial charge in [0.2, 0.25) is 0 Å². The van der Waals surface area contributed by atoms with Crippen LogP contribution in [0, 0.1) is 0 Å². The fourth-order valence-electron chi connectivity index (χ4n) is 4.46. The van der Waals surface area contributed by atoms with Crippen molar-refractivity contribution in [2.45, 2.75) is 88.8 Å². The van der Waals surface area contributed by atoms with Crippen LogP contribution in [0.4, 0.5) is 0 Å². The fourth-order valence-corrected chi connectivity index (χ4v) is 4.46. The van der Waals surface area contributed by atoms with Gasteiger partial charge < -0.3 is 5.21 Å². The first-order valence-electron chi connectivity index (χ1n) is 7.85. The normalized spacial score (nSPS) is 37.7. The smallest absolute Gasteiger partial charge is 0.0601 e. The Hall–Kier alpha value is -0.570. The predicted molar refractivity (Wildman–Crippen MR) is 73.2 cm³/mol. The molecule has 1 saturated carbocycles. The van der Waals surface area contributed by atoms with E-state index in [2.05, 4.69) is 10.1 Å². The van der Waals surface area contributed by atoms with Crippen molar-refractivity contribution >= 4 is 5.71 Å². The van der Waals surface area contributed by atoms with E-state index >= 15 is 0 Å². The molecule has 0 spiro atoms. The largest absolute Gasteiger partial charge is 0.411 e. The van der Waals surface area contributed by atoms with Gasteiger partial charge in [0, 0.05) is 31.0 Å². The van der Waals surface area contributed by atoms with Crippen molar-refractivity contribution in [1.29, 1.82) is 0 Å². The summed E-state index contributed by atoms with van der Waals surface area (Å²) in [6, 6.07) is 2.17. The van der Waals surface area contributed by atoms with Crippen LogP contribution in [0.2, 0.25) is 0 Å². The maximum absolute atomic E-state index is 9.06. The second-order valence-electron chi connectivity index (χ2n) is 6.41. The Bertz CT molecular complexity index is 292. The van der Waals surface area contributed by atoms with E-state index in [1.165, 1.54) is 57.8 Å². The van der Waals surface area contributed by atoms with E-state index in [0.717, 1.165) is 24.6 Å². The highest BCUT2D eigenvalue weighted by molar-refractivity contribution is 5.85. The van der Waals surface area contributed by atoms with Gasteiger partial charge in [-0.2, -0.15) is 0 Å². The zero-order valence-electron chi connectivity index (χ0n) is 11.4. The molecule has 3 heteroatoms. The second kappa shape index (κ2) is 5.60. The molecule has 3 rings (SSSR count). The summed E-state index contributed by atoms with van der Waals surface area (Å²) in [4.78, 5) is 2.84. The molecule has 2 aliphatic heterocycles. The first-order valence-corrected chi connectivity index (χ1v) is 7.85. The molecule has 102 valence electrons. The van der Waals surface area contributed by atoms with Gasteiger partial charge in [-0.25, -0.2) is 0 Å². The quantitative estimate of drug-likeness (QED) is 0.439. The van der Waals surface area contributed by atoms with E-state index in [0.29, 0.717) is 12.1 Å². The predicted octanol–water partition coefficient (Wildman–Crippen LogP) is 3.56. The molecule has 3 aliphatic rings. The summed E-state index contributed by atoms with van der Waals surface area (Å²) in [6.45, 7) is 0. The number of fused-ring (bicyclic) bond motifs is 2. The van der Waals surface area contributed by atoms with Gasteiger partial charge in [0.05, 0.1) is 5.71 Å². The molecular formula is C15H26N2O. The van der Waals surface area contributed by atoms with Gasteiger partial charge in [-0.15, -0.1) is 0 Å². The van der Waals surface area contributed by atoms with E-state index in [-0.39, 0.29) is 0 Å². The molecule has 2 saturated heterocycles. The standard InChI is InChI=1S/C15H26N2O/c18-16-12-10-14-8-5-9-15(11-12)17(14)13-6-3-1-2-4-7-13/h13-15,18H,1-11H2/t14-,15+. The third kappa shape index (κ3) is 2.42. The topological polar surface area (TPSA) is 35.8 Å². The SMILES string of the molecule is ON=C1C[C@H]2CCC[C@@H](C1)N2C1CCCCCC1. The summed E-state index contributed by atoms with van der Waals surface area (Å²) >= 11 is 0. The maximum atomic E-state index is 9.06. The fraction of sp³-hybridized carbons (Fsp3) is 0.933. The van der Waals surface area contributed by atoms with Gasteiger partial charge in [-0.1, -0.05) is 37.3 Å². The molecule has 18 heavy (non-hydrogen) atoms. The third-order valence-electron chi connectivity index (χ3n) is 5.25. The van der Waals surface area contributed by atoms with Crippen molar-refractivity contribution in [3.8, 4) is 0 Å². The van der Waals surface area contributed by atoms with Crippen LogP contribution in [-0.2, 0) is 0 Å². The summed E-state index contributed by atoms with van der Waals surface area (Å²) in [5.41, 5.74) is 1.05. The Morgan fingerprint density at radius 2 is 1.33 bits per heavy atom. The molecule has 0 amide bonds. The van der Waals surface area contributed by atoms with Crippen molar-refractivity contribution in [3.63, 3.8) is 0 Å². The van der Waals surface area contributed by atoms with Gasteiger partial charge in [0.15, 0.2) is 0 Å². The number of piperidine rings is 2. The summed E-state index contributed by atoms with van der Waals surface area (Å²) < 4.78 is 0. The second-order valence-corrected chi connectivity index (χ2v) is 6.41. The van der Waals surface area contributed by atoms with E-state index < -0.39 is 0 Å². The van der Waals surface area contributed by atoms with Crippen LogP contribution in [-0.4, -0.2) is 33.9 Å². The van der Waals surface area contributed by atoms with Crippen molar-refractivity contribution in [2.24, 2.45) is 5.16 Å². The highest BCUT2D eigenvalue weighted by Crippen LogP contribution is 2.37. The van der Waals surface area contributed by atoms with Crippen LogP contribution in [0.1, 0.15) is 70.6 Å². The lowest BCUT2D eigenvalue weighted by Crippen LogP contribution is -2.56.